The maximum absolute atomic E-state index is 11.6. The lowest BCUT2D eigenvalue weighted by molar-refractivity contribution is -0.129. The molecule has 1 saturated heterocycles. The second kappa shape index (κ2) is 5.30. The molecule has 1 fully saturated rings. The summed E-state index contributed by atoms with van der Waals surface area (Å²) in [5.41, 5.74) is -0.515. The lowest BCUT2D eigenvalue weighted by Gasteiger charge is -2.21. The molecule has 4 N–H and O–H groups in total. The molecule has 1 heterocycles. The summed E-state index contributed by atoms with van der Waals surface area (Å²) in [7, 11) is 0. The number of ether oxygens (including phenoxy) is 1. The van der Waals surface area contributed by atoms with E-state index in [9.17, 15) is 15.0 Å². The molecule has 4 atom stereocenters. The van der Waals surface area contributed by atoms with Crippen LogP contribution in [0.15, 0.2) is 0 Å². The molecule has 1 aliphatic rings. The maximum atomic E-state index is 11.6. The van der Waals surface area contributed by atoms with Crippen LogP contribution in [0.3, 0.4) is 0 Å². The Morgan fingerprint density at radius 3 is 2.18 bits per heavy atom. The lowest BCUT2D eigenvalue weighted by Crippen LogP contribution is -2.43. The molecule has 100 valence electrons. The van der Waals surface area contributed by atoms with Gasteiger partial charge in [-0.2, -0.15) is 0 Å². The third-order valence-electron chi connectivity index (χ3n) is 2.79. The Bertz CT molecular complexity index is 276. The fraction of sp³-hybridized carbons (Fsp3) is 0.909. The van der Waals surface area contributed by atoms with Gasteiger partial charge in [-0.3, -0.25) is 4.79 Å². The molecular weight excluding hydrogens is 226 g/mol. The summed E-state index contributed by atoms with van der Waals surface area (Å²) in [4.78, 5) is 11.6. The van der Waals surface area contributed by atoms with E-state index in [1.165, 1.54) is 0 Å². The molecule has 17 heavy (non-hydrogen) atoms. The number of carbonyl (C=O) groups excluding carboxylic acids is 1. The van der Waals surface area contributed by atoms with Crippen molar-refractivity contribution in [2.45, 2.75) is 45.2 Å². The van der Waals surface area contributed by atoms with Crippen molar-refractivity contribution in [1.29, 1.82) is 0 Å². The second-order valence-electron chi connectivity index (χ2n) is 5.34. The van der Waals surface area contributed by atoms with E-state index < -0.39 is 29.8 Å². The predicted octanol–water partition coefficient (Wildman–Crippen LogP) is -1.37. The number of aliphatic hydroxyl groups excluding tert-OH is 3. The van der Waals surface area contributed by atoms with E-state index in [4.69, 9.17) is 9.84 Å². The lowest BCUT2D eigenvalue weighted by atomic mass is 9.95. The number of hydrogen-bond donors (Lipinski definition) is 4. The van der Waals surface area contributed by atoms with Crippen LogP contribution in [0.2, 0.25) is 0 Å². The number of amides is 1. The third kappa shape index (κ3) is 3.38. The van der Waals surface area contributed by atoms with Crippen LogP contribution in [0.5, 0.6) is 0 Å². The average molecular weight is 247 g/mol. The quantitative estimate of drug-likeness (QED) is 0.493. The van der Waals surface area contributed by atoms with Crippen LogP contribution >= 0.6 is 0 Å². The molecule has 0 aromatic heterocycles. The summed E-state index contributed by atoms with van der Waals surface area (Å²) in [5.74, 6) is -0.157. The number of hydrogen-bond acceptors (Lipinski definition) is 5. The molecule has 0 saturated carbocycles. The largest absolute Gasteiger partial charge is 0.394 e. The van der Waals surface area contributed by atoms with Crippen molar-refractivity contribution in [3.63, 3.8) is 0 Å². The van der Waals surface area contributed by atoms with E-state index in [0.717, 1.165) is 0 Å². The Labute approximate surface area is 101 Å². The molecule has 0 aromatic rings. The van der Waals surface area contributed by atoms with Gasteiger partial charge in [0.25, 0.3) is 0 Å². The van der Waals surface area contributed by atoms with E-state index in [1.54, 1.807) is 20.8 Å². The van der Waals surface area contributed by atoms with E-state index in [2.05, 4.69) is 5.32 Å². The van der Waals surface area contributed by atoms with Gasteiger partial charge >= 0.3 is 0 Å². The molecule has 0 radical (unpaired) electrons. The highest BCUT2D eigenvalue weighted by atomic mass is 16.6. The zero-order valence-corrected chi connectivity index (χ0v) is 10.4. The Morgan fingerprint density at radius 2 is 1.76 bits per heavy atom. The molecule has 1 aliphatic heterocycles. The zero-order valence-electron chi connectivity index (χ0n) is 10.4. The first-order valence-corrected chi connectivity index (χ1v) is 5.68. The Morgan fingerprint density at radius 1 is 1.24 bits per heavy atom. The zero-order chi connectivity index (χ0) is 13.2. The minimum absolute atomic E-state index is 0.116. The molecule has 1 rings (SSSR count). The van der Waals surface area contributed by atoms with Crippen LogP contribution in [0.1, 0.15) is 20.8 Å². The predicted molar refractivity (Wildman–Crippen MR) is 60.2 cm³/mol. The van der Waals surface area contributed by atoms with Crippen molar-refractivity contribution in [2.24, 2.45) is 5.41 Å². The first kappa shape index (κ1) is 14.4. The van der Waals surface area contributed by atoms with Crippen LogP contribution in [0, 0.1) is 5.41 Å². The average Bonchev–Trinajstić information content (AvgIpc) is 2.51. The topological polar surface area (TPSA) is 99.0 Å². The monoisotopic (exact) mass is 247 g/mol. The minimum Gasteiger partial charge on any atom is -0.394 e. The second-order valence-corrected chi connectivity index (χ2v) is 5.34. The highest BCUT2D eigenvalue weighted by Gasteiger charge is 2.42. The van der Waals surface area contributed by atoms with Crippen LogP contribution in [0.25, 0.3) is 0 Å². The summed E-state index contributed by atoms with van der Waals surface area (Å²) in [6.07, 6.45) is -3.68. The molecule has 1 amide bonds. The molecule has 6 nitrogen and oxygen atoms in total. The maximum Gasteiger partial charge on any atom is 0.225 e. The molecule has 0 aromatic carbocycles. The number of aliphatic hydroxyl groups is 3. The van der Waals surface area contributed by atoms with Gasteiger partial charge < -0.3 is 25.4 Å². The van der Waals surface area contributed by atoms with Crippen LogP contribution in [-0.2, 0) is 9.53 Å². The third-order valence-corrected chi connectivity index (χ3v) is 2.79. The Balaban J connectivity index is 2.46. The van der Waals surface area contributed by atoms with Gasteiger partial charge in [0.1, 0.15) is 24.4 Å². The highest BCUT2D eigenvalue weighted by molar-refractivity contribution is 5.81. The summed E-state index contributed by atoms with van der Waals surface area (Å²) in [6, 6.07) is 0. The van der Waals surface area contributed by atoms with Gasteiger partial charge in [0.15, 0.2) is 0 Å². The summed E-state index contributed by atoms with van der Waals surface area (Å²) in [5, 5.41) is 30.7. The van der Waals surface area contributed by atoms with Crippen molar-refractivity contribution in [1.82, 2.24) is 5.32 Å². The SMILES string of the molecule is CC(C)(C)C(=O)NC[C@@H]1O[C@H](CO)[C@@H](O)[C@@H]1O. The Hall–Kier alpha value is -0.690. The van der Waals surface area contributed by atoms with E-state index >= 15 is 0 Å². The summed E-state index contributed by atoms with van der Waals surface area (Å²) in [6.45, 7) is 5.09. The van der Waals surface area contributed by atoms with Gasteiger partial charge in [0.2, 0.25) is 5.91 Å². The van der Waals surface area contributed by atoms with Crippen LogP contribution < -0.4 is 5.32 Å². The van der Waals surface area contributed by atoms with Crippen molar-refractivity contribution >= 4 is 5.91 Å². The van der Waals surface area contributed by atoms with Crippen molar-refractivity contribution < 1.29 is 24.9 Å². The van der Waals surface area contributed by atoms with Gasteiger partial charge in [-0.25, -0.2) is 0 Å². The smallest absolute Gasteiger partial charge is 0.225 e. The molecule has 0 spiro atoms. The minimum atomic E-state index is -1.11. The van der Waals surface area contributed by atoms with Gasteiger partial charge in [0, 0.05) is 12.0 Å². The molecule has 0 unspecified atom stereocenters. The molecule has 6 heteroatoms. The standard InChI is InChI=1S/C11H21NO5/c1-11(2,3)10(16)12-4-6-8(14)9(15)7(5-13)17-6/h6-9,13-15H,4-5H2,1-3H3,(H,12,16)/t6-,7+,8+,9+/m0/s1. The van der Waals surface area contributed by atoms with E-state index in [1.807, 2.05) is 0 Å². The fourth-order valence-corrected chi connectivity index (χ4v) is 1.60. The first-order chi connectivity index (χ1) is 7.77. The number of carbonyl (C=O) groups is 1. The van der Waals surface area contributed by atoms with Gasteiger partial charge in [0.05, 0.1) is 6.61 Å². The first-order valence-electron chi connectivity index (χ1n) is 5.68. The molecular formula is C11H21NO5. The molecule has 0 aliphatic carbocycles. The van der Waals surface area contributed by atoms with E-state index in [-0.39, 0.29) is 19.1 Å². The Kier molecular flexibility index (Phi) is 4.48. The highest BCUT2D eigenvalue weighted by Crippen LogP contribution is 2.21. The van der Waals surface area contributed by atoms with Crippen LogP contribution in [-0.4, -0.2) is 58.8 Å². The van der Waals surface area contributed by atoms with E-state index in [0.29, 0.717) is 0 Å². The van der Waals surface area contributed by atoms with Gasteiger partial charge in [-0.05, 0) is 0 Å². The van der Waals surface area contributed by atoms with Crippen molar-refractivity contribution in [2.75, 3.05) is 13.2 Å². The number of nitrogens with one attached hydrogen (secondary N) is 1. The van der Waals surface area contributed by atoms with Gasteiger partial charge in [-0.1, -0.05) is 20.8 Å². The summed E-state index contributed by atoms with van der Waals surface area (Å²) >= 11 is 0. The normalized spacial score (nSPS) is 33.8. The van der Waals surface area contributed by atoms with Crippen molar-refractivity contribution in [3.05, 3.63) is 0 Å². The van der Waals surface area contributed by atoms with Gasteiger partial charge in [-0.15, -0.1) is 0 Å². The van der Waals surface area contributed by atoms with Crippen LogP contribution in [0.4, 0.5) is 0 Å². The fourth-order valence-electron chi connectivity index (χ4n) is 1.60. The number of rotatable bonds is 3. The summed E-state index contributed by atoms with van der Waals surface area (Å²) < 4.78 is 5.23. The molecule has 0 bridgehead atoms. The van der Waals surface area contributed by atoms with Crippen molar-refractivity contribution in [3.8, 4) is 0 Å².